The lowest BCUT2D eigenvalue weighted by atomic mass is 10.0. The summed E-state index contributed by atoms with van der Waals surface area (Å²) < 4.78 is 4.63. The predicted octanol–water partition coefficient (Wildman–Crippen LogP) is 4.47. The van der Waals surface area contributed by atoms with Gasteiger partial charge in [-0.1, -0.05) is 61.2 Å². The Morgan fingerprint density at radius 2 is 1.83 bits per heavy atom. The van der Waals surface area contributed by atoms with E-state index >= 15 is 0 Å². The second-order valence-corrected chi connectivity index (χ2v) is 6.07. The molecular formula is C19H27NO3. The van der Waals surface area contributed by atoms with Crippen LogP contribution in [0.3, 0.4) is 0 Å². The highest BCUT2D eigenvalue weighted by molar-refractivity contribution is 6.01. The van der Waals surface area contributed by atoms with Crippen LogP contribution in [0.25, 0.3) is 0 Å². The van der Waals surface area contributed by atoms with Crippen LogP contribution >= 0.6 is 0 Å². The molecule has 1 aromatic carbocycles. The van der Waals surface area contributed by atoms with E-state index in [0.717, 1.165) is 31.4 Å². The molecule has 0 amide bonds. The van der Waals surface area contributed by atoms with Gasteiger partial charge in [0.05, 0.1) is 12.8 Å². The van der Waals surface area contributed by atoms with Crippen LogP contribution in [0.2, 0.25) is 0 Å². The van der Waals surface area contributed by atoms with Crippen molar-refractivity contribution < 1.29 is 14.4 Å². The van der Waals surface area contributed by atoms with E-state index in [1.165, 1.54) is 38.4 Å². The minimum atomic E-state index is -0.0994. The van der Waals surface area contributed by atoms with Crippen LogP contribution in [-0.4, -0.2) is 24.9 Å². The molecule has 23 heavy (non-hydrogen) atoms. The van der Waals surface area contributed by atoms with Crippen molar-refractivity contribution in [3.05, 3.63) is 35.9 Å². The second-order valence-electron chi connectivity index (χ2n) is 6.07. The van der Waals surface area contributed by atoms with E-state index in [1.54, 1.807) is 0 Å². The Labute approximate surface area is 138 Å². The molecule has 1 unspecified atom stereocenters. The molecule has 0 bridgehead atoms. The predicted molar refractivity (Wildman–Crippen MR) is 91.4 cm³/mol. The monoisotopic (exact) mass is 317 g/mol. The molecule has 0 aliphatic carbocycles. The molecular weight excluding hydrogens is 290 g/mol. The first-order valence-electron chi connectivity index (χ1n) is 8.64. The minimum absolute atomic E-state index is 0.0994. The van der Waals surface area contributed by atoms with Crippen LogP contribution in [0.4, 0.5) is 0 Å². The van der Waals surface area contributed by atoms with Crippen molar-refractivity contribution in [2.45, 2.75) is 63.9 Å². The number of rotatable bonds is 10. The van der Waals surface area contributed by atoms with Crippen LogP contribution in [0, 0.1) is 0 Å². The number of hydrogen-bond donors (Lipinski definition) is 0. The highest BCUT2D eigenvalue weighted by Crippen LogP contribution is 2.21. The summed E-state index contributed by atoms with van der Waals surface area (Å²) in [5, 5.41) is 4.22. The van der Waals surface area contributed by atoms with Gasteiger partial charge in [-0.25, -0.2) is 0 Å². The molecule has 0 aromatic heterocycles. The van der Waals surface area contributed by atoms with E-state index in [9.17, 15) is 4.79 Å². The van der Waals surface area contributed by atoms with Crippen molar-refractivity contribution >= 4 is 11.7 Å². The van der Waals surface area contributed by atoms with Crippen molar-refractivity contribution in [1.82, 2.24) is 0 Å². The zero-order valence-electron chi connectivity index (χ0n) is 14.0. The van der Waals surface area contributed by atoms with E-state index in [1.807, 2.05) is 18.2 Å². The quantitative estimate of drug-likeness (QED) is 0.472. The van der Waals surface area contributed by atoms with Gasteiger partial charge >= 0.3 is 5.97 Å². The highest BCUT2D eigenvalue weighted by Gasteiger charge is 2.21. The van der Waals surface area contributed by atoms with Gasteiger partial charge in [-0.05, 0) is 24.8 Å². The first kappa shape index (κ1) is 17.5. The standard InChI is InChI=1S/C19H27NO3/c1-22-19(21)14-10-5-3-2-4-9-13-17-15-18(20-23-17)16-11-7-6-8-12-16/h6-8,11-12,17H,2-5,9-10,13-15H2,1H3. The number of ether oxygens (including phenoxy) is 1. The third kappa shape index (κ3) is 6.43. The van der Waals surface area contributed by atoms with Crippen LogP contribution < -0.4 is 0 Å². The lowest BCUT2D eigenvalue weighted by molar-refractivity contribution is -0.140. The van der Waals surface area contributed by atoms with E-state index in [-0.39, 0.29) is 12.1 Å². The Hall–Kier alpha value is -1.84. The summed E-state index contributed by atoms with van der Waals surface area (Å²) in [4.78, 5) is 16.5. The average molecular weight is 317 g/mol. The topological polar surface area (TPSA) is 47.9 Å². The molecule has 0 radical (unpaired) electrons. The minimum Gasteiger partial charge on any atom is -0.469 e. The van der Waals surface area contributed by atoms with Gasteiger partial charge in [0.2, 0.25) is 0 Å². The molecule has 1 aliphatic rings. The summed E-state index contributed by atoms with van der Waals surface area (Å²) in [6, 6.07) is 10.2. The van der Waals surface area contributed by atoms with Crippen molar-refractivity contribution in [2.24, 2.45) is 5.16 Å². The van der Waals surface area contributed by atoms with E-state index in [4.69, 9.17) is 4.84 Å². The summed E-state index contributed by atoms with van der Waals surface area (Å²) in [6.07, 6.45) is 9.64. The van der Waals surface area contributed by atoms with Crippen molar-refractivity contribution in [1.29, 1.82) is 0 Å². The van der Waals surface area contributed by atoms with Crippen LogP contribution in [0.1, 0.15) is 63.4 Å². The van der Waals surface area contributed by atoms with E-state index < -0.39 is 0 Å². The number of benzene rings is 1. The molecule has 1 heterocycles. The summed E-state index contributed by atoms with van der Waals surface area (Å²) in [5.41, 5.74) is 2.24. The molecule has 1 atom stereocenters. The van der Waals surface area contributed by atoms with Crippen LogP contribution in [-0.2, 0) is 14.4 Å². The molecule has 4 nitrogen and oxygen atoms in total. The number of nitrogens with zero attached hydrogens (tertiary/aromatic N) is 1. The fraction of sp³-hybridized carbons (Fsp3) is 0.579. The van der Waals surface area contributed by atoms with Crippen molar-refractivity contribution in [3.8, 4) is 0 Å². The molecule has 126 valence electrons. The first-order chi connectivity index (χ1) is 11.3. The summed E-state index contributed by atoms with van der Waals surface area (Å²) in [5.74, 6) is -0.0994. The molecule has 4 heteroatoms. The number of esters is 1. The average Bonchev–Trinajstić information content (AvgIpc) is 3.06. The molecule has 0 fully saturated rings. The maximum atomic E-state index is 11.0. The van der Waals surface area contributed by atoms with Crippen molar-refractivity contribution in [2.75, 3.05) is 7.11 Å². The zero-order chi connectivity index (χ0) is 16.3. The van der Waals surface area contributed by atoms with E-state index in [0.29, 0.717) is 6.42 Å². The summed E-state index contributed by atoms with van der Waals surface area (Å²) in [6.45, 7) is 0. The summed E-state index contributed by atoms with van der Waals surface area (Å²) in [7, 11) is 1.44. The Bertz CT molecular complexity index is 499. The number of hydrogen-bond acceptors (Lipinski definition) is 4. The smallest absolute Gasteiger partial charge is 0.305 e. The maximum absolute atomic E-state index is 11.0. The second kappa shape index (κ2) is 10.0. The van der Waals surface area contributed by atoms with Crippen molar-refractivity contribution in [3.63, 3.8) is 0 Å². The highest BCUT2D eigenvalue weighted by atomic mass is 16.6. The van der Waals surface area contributed by atoms with Crippen LogP contribution in [0.5, 0.6) is 0 Å². The van der Waals surface area contributed by atoms with Gasteiger partial charge in [-0.3, -0.25) is 4.79 Å². The SMILES string of the molecule is COC(=O)CCCCCCCCC1CC(c2ccccc2)=NO1. The molecule has 0 spiro atoms. The fourth-order valence-electron chi connectivity index (χ4n) is 2.83. The number of carbonyl (C=O) groups excluding carboxylic acids is 1. The van der Waals surface area contributed by atoms with Gasteiger partial charge in [0, 0.05) is 12.8 Å². The Morgan fingerprint density at radius 1 is 1.13 bits per heavy atom. The number of unbranched alkanes of at least 4 members (excludes halogenated alkanes) is 5. The largest absolute Gasteiger partial charge is 0.469 e. The Balaban J connectivity index is 1.48. The number of oxime groups is 1. The van der Waals surface area contributed by atoms with Gasteiger partial charge in [-0.2, -0.15) is 0 Å². The zero-order valence-corrected chi connectivity index (χ0v) is 14.0. The van der Waals surface area contributed by atoms with E-state index in [2.05, 4.69) is 22.0 Å². The third-order valence-electron chi connectivity index (χ3n) is 4.22. The number of methoxy groups -OCH3 is 1. The molecule has 2 rings (SSSR count). The van der Waals surface area contributed by atoms with Gasteiger partial charge in [0.25, 0.3) is 0 Å². The van der Waals surface area contributed by atoms with Gasteiger partial charge < -0.3 is 9.57 Å². The van der Waals surface area contributed by atoms with Crippen LogP contribution in [0.15, 0.2) is 35.5 Å². The van der Waals surface area contributed by atoms with Gasteiger partial charge in [-0.15, -0.1) is 0 Å². The molecule has 1 aliphatic heterocycles. The Kier molecular flexibility index (Phi) is 7.64. The normalized spacial score (nSPS) is 16.7. The molecule has 0 saturated heterocycles. The molecule has 1 aromatic rings. The molecule has 0 saturated carbocycles. The first-order valence-corrected chi connectivity index (χ1v) is 8.64. The lowest BCUT2D eigenvalue weighted by Gasteiger charge is -2.07. The number of carbonyl (C=O) groups is 1. The summed E-state index contributed by atoms with van der Waals surface area (Å²) >= 11 is 0. The lowest BCUT2D eigenvalue weighted by Crippen LogP contribution is -2.08. The maximum Gasteiger partial charge on any atom is 0.305 e. The Morgan fingerprint density at radius 3 is 2.57 bits per heavy atom. The van der Waals surface area contributed by atoms with Gasteiger partial charge in [0.15, 0.2) is 0 Å². The fourth-order valence-corrected chi connectivity index (χ4v) is 2.83. The van der Waals surface area contributed by atoms with Gasteiger partial charge in [0.1, 0.15) is 6.10 Å². The third-order valence-corrected chi connectivity index (χ3v) is 4.22. The molecule has 0 N–H and O–H groups in total.